The van der Waals surface area contributed by atoms with Crippen molar-refractivity contribution >= 4 is 14.1 Å². The second-order valence-corrected chi connectivity index (χ2v) is 11.0. The molecule has 1 aromatic rings. The fraction of sp³-hybridized carbons (Fsp3) is 0.643. The van der Waals surface area contributed by atoms with E-state index in [2.05, 4.69) is 48.9 Å². The van der Waals surface area contributed by atoms with Crippen LogP contribution in [0.4, 0.5) is 5.82 Å². The summed E-state index contributed by atoms with van der Waals surface area (Å²) in [7, 11) is -1.66. The quantitative estimate of drug-likeness (QED) is 0.454. The Bertz CT molecular complexity index is 461. The van der Waals surface area contributed by atoms with E-state index in [9.17, 15) is 0 Å². The van der Waals surface area contributed by atoms with Crippen LogP contribution in [0.2, 0.25) is 18.1 Å². The molecule has 5 nitrogen and oxygen atoms in total. The lowest BCUT2D eigenvalue weighted by Crippen LogP contribution is -2.41. The third kappa shape index (κ3) is 4.91. The SMILES string of the molecule is [C-]#[N+]c1ccc(OCCCO[Si](C)(C)C(C)(C)C)nn1. The first-order valence-corrected chi connectivity index (χ1v) is 9.65. The first-order chi connectivity index (χ1) is 9.26. The number of hydrogen-bond acceptors (Lipinski definition) is 4. The van der Waals surface area contributed by atoms with Gasteiger partial charge in [-0.05, 0) is 35.4 Å². The lowest BCUT2D eigenvalue weighted by molar-refractivity contribution is 0.228. The van der Waals surface area contributed by atoms with E-state index in [1.807, 2.05) is 0 Å². The van der Waals surface area contributed by atoms with Crippen molar-refractivity contribution in [3.8, 4) is 5.88 Å². The molecule has 110 valence electrons. The van der Waals surface area contributed by atoms with Crippen LogP contribution in [0, 0.1) is 6.57 Å². The summed E-state index contributed by atoms with van der Waals surface area (Å²) in [5.74, 6) is 0.725. The minimum absolute atomic E-state index is 0.231. The molecule has 0 fully saturated rings. The van der Waals surface area contributed by atoms with Crippen molar-refractivity contribution in [2.24, 2.45) is 0 Å². The van der Waals surface area contributed by atoms with Gasteiger partial charge in [-0.1, -0.05) is 27.3 Å². The molecule has 0 saturated heterocycles. The second-order valence-electron chi connectivity index (χ2n) is 6.15. The molecule has 0 aliphatic rings. The first-order valence-electron chi connectivity index (χ1n) is 6.74. The summed E-state index contributed by atoms with van der Waals surface area (Å²) in [6.07, 6.45) is 0.818. The lowest BCUT2D eigenvalue weighted by atomic mass is 10.2. The van der Waals surface area contributed by atoms with E-state index in [-0.39, 0.29) is 10.9 Å². The first kappa shape index (κ1) is 16.6. The molecule has 0 spiro atoms. The highest BCUT2D eigenvalue weighted by Crippen LogP contribution is 2.36. The molecular formula is C14H23N3O2Si. The van der Waals surface area contributed by atoms with Crippen LogP contribution in [0.5, 0.6) is 5.88 Å². The molecule has 0 amide bonds. The van der Waals surface area contributed by atoms with Gasteiger partial charge in [0.05, 0.1) is 6.61 Å². The second kappa shape index (κ2) is 6.82. The Labute approximate surface area is 122 Å². The molecule has 1 heterocycles. The van der Waals surface area contributed by atoms with Gasteiger partial charge in [-0.15, -0.1) is 0 Å². The fourth-order valence-corrected chi connectivity index (χ4v) is 2.32. The molecule has 0 atom stereocenters. The number of ether oxygens (including phenoxy) is 1. The average Bonchev–Trinajstić information content (AvgIpc) is 2.37. The van der Waals surface area contributed by atoms with Gasteiger partial charge >= 0.3 is 0 Å². The largest absolute Gasteiger partial charge is 0.475 e. The van der Waals surface area contributed by atoms with Crippen LogP contribution in [0.25, 0.3) is 4.85 Å². The Morgan fingerprint density at radius 1 is 1.20 bits per heavy atom. The summed E-state index contributed by atoms with van der Waals surface area (Å²) in [5, 5.41) is 7.76. The molecule has 0 aromatic carbocycles. The molecule has 0 bridgehead atoms. The molecule has 0 radical (unpaired) electrons. The van der Waals surface area contributed by atoms with Crippen molar-refractivity contribution in [3.05, 3.63) is 23.5 Å². The summed E-state index contributed by atoms with van der Waals surface area (Å²) in [4.78, 5) is 3.18. The maximum absolute atomic E-state index is 6.78. The van der Waals surface area contributed by atoms with Gasteiger partial charge in [-0.3, -0.25) is 0 Å². The number of aromatic nitrogens is 2. The van der Waals surface area contributed by atoms with Crippen molar-refractivity contribution in [1.29, 1.82) is 0 Å². The number of hydrogen-bond donors (Lipinski definition) is 0. The predicted molar refractivity (Wildman–Crippen MR) is 81.6 cm³/mol. The Kier molecular flexibility index (Phi) is 5.66. The van der Waals surface area contributed by atoms with E-state index in [1.54, 1.807) is 12.1 Å². The third-order valence-corrected chi connectivity index (χ3v) is 8.09. The van der Waals surface area contributed by atoms with E-state index in [1.165, 1.54) is 0 Å². The molecular weight excluding hydrogens is 270 g/mol. The highest BCUT2D eigenvalue weighted by molar-refractivity contribution is 6.74. The van der Waals surface area contributed by atoms with Crippen molar-refractivity contribution in [3.63, 3.8) is 0 Å². The van der Waals surface area contributed by atoms with Gasteiger partial charge in [0.15, 0.2) is 8.32 Å². The molecule has 0 aliphatic heterocycles. The summed E-state index contributed by atoms with van der Waals surface area (Å²) < 4.78 is 11.5. The maximum Gasteiger partial charge on any atom is 0.296 e. The highest BCUT2D eigenvalue weighted by Gasteiger charge is 2.36. The van der Waals surface area contributed by atoms with E-state index >= 15 is 0 Å². The van der Waals surface area contributed by atoms with Crippen LogP contribution in [0.1, 0.15) is 27.2 Å². The summed E-state index contributed by atoms with van der Waals surface area (Å²) in [5.41, 5.74) is 0. The lowest BCUT2D eigenvalue weighted by Gasteiger charge is -2.36. The van der Waals surface area contributed by atoms with E-state index in [4.69, 9.17) is 15.7 Å². The van der Waals surface area contributed by atoms with Gasteiger partial charge in [0, 0.05) is 18.1 Å². The minimum Gasteiger partial charge on any atom is -0.475 e. The minimum atomic E-state index is -1.66. The molecule has 0 saturated carbocycles. The molecule has 0 unspecified atom stereocenters. The van der Waals surface area contributed by atoms with Gasteiger partial charge in [0.2, 0.25) is 0 Å². The average molecular weight is 293 g/mol. The van der Waals surface area contributed by atoms with Crippen molar-refractivity contribution in [2.75, 3.05) is 13.2 Å². The predicted octanol–water partition coefficient (Wildman–Crippen LogP) is 3.82. The molecule has 1 rings (SSSR count). The van der Waals surface area contributed by atoms with Crippen LogP contribution < -0.4 is 4.74 Å². The fourth-order valence-electron chi connectivity index (χ4n) is 1.23. The number of nitrogens with zero attached hydrogens (tertiary/aromatic N) is 3. The number of rotatable bonds is 6. The van der Waals surface area contributed by atoms with E-state index < -0.39 is 8.32 Å². The zero-order chi connectivity index (χ0) is 15.2. The van der Waals surface area contributed by atoms with Crippen molar-refractivity contribution in [1.82, 2.24) is 10.2 Å². The summed E-state index contributed by atoms with van der Waals surface area (Å²) >= 11 is 0. The van der Waals surface area contributed by atoms with Crippen molar-refractivity contribution in [2.45, 2.75) is 45.3 Å². The van der Waals surface area contributed by atoms with Crippen LogP contribution >= 0.6 is 0 Å². The molecule has 20 heavy (non-hydrogen) atoms. The van der Waals surface area contributed by atoms with E-state index in [0.29, 0.717) is 19.1 Å². The van der Waals surface area contributed by atoms with Crippen LogP contribution in [0.3, 0.4) is 0 Å². The van der Waals surface area contributed by atoms with Crippen LogP contribution in [-0.2, 0) is 4.43 Å². The van der Waals surface area contributed by atoms with Crippen molar-refractivity contribution < 1.29 is 9.16 Å². The van der Waals surface area contributed by atoms with Crippen LogP contribution in [0.15, 0.2) is 12.1 Å². The zero-order valence-corrected chi connectivity index (χ0v) is 13.9. The Balaban J connectivity index is 2.27. The van der Waals surface area contributed by atoms with Gasteiger partial charge in [-0.25, -0.2) is 0 Å². The van der Waals surface area contributed by atoms with Gasteiger partial charge < -0.3 is 14.0 Å². The third-order valence-electron chi connectivity index (χ3n) is 3.55. The topological polar surface area (TPSA) is 48.6 Å². The monoisotopic (exact) mass is 293 g/mol. The highest BCUT2D eigenvalue weighted by atomic mass is 28.4. The normalized spacial score (nSPS) is 12.0. The molecule has 6 heteroatoms. The smallest absolute Gasteiger partial charge is 0.296 e. The summed E-state index contributed by atoms with van der Waals surface area (Å²) in [6, 6.07) is 3.26. The van der Waals surface area contributed by atoms with Crippen LogP contribution in [-0.4, -0.2) is 31.7 Å². The Hall–Kier alpha value is -1.45. The van der Waals surface area contributed by atoms with Gasteiger partial charge in [0.1, 0.15) is 0 Å². The van der Waals surface area contributed by atoms with Gasteiger partial charge in [-0.2, -0.15) is 0 Å². The Morgan fingerprint density at radius 2 is 1.90 bits per heavy atom. The molecule has 0 N–H and O–H groups in total. The zero-order valence-electron chi connectivity index (χ0n) is 12.9. The van der Waals surface area contributed by atoms with E-state index in [0.717, 1.165) is 6.42 Å². The standard InChI is InChI=1S/C14H23N3O2Si/c1-14(2,3)20(5,6)19-11-7-10-18-13-9-8-12(15-4)16-17-13/h8-9H,7,10-11H2,1-3,5-6H3. The Morgan fingerprint density at radius 3 is 2.40 bits per heavy atom. The summed E-state index contributed by atoms with van der Waals surface area (Å²) in [6.45, 7) is 19.2. The van der Waals surface area contributed by atoms with Gasteiger partial charge in [0.25, 0.3) is 11.7 Å². The maximum atomic E-state index is 6.78. The molecule has 0 aliphatic carbocycles. The molecule has 1 aromatic heterocycles.